The lowest BCUT2D eigenvalue weighted by Gasteiger charge is -1.91. The van der Waals surface area contributed by atoms with Crippen LogP contribution in [0.2, 0.25) is 0 Å². The van der Waals surface area contributed by atoms with Crippen molar-refractivity contribution in [3.8, 4) is 22.2 Å². The Balaban J connectivity index is 1.94. The second kappa shape index (κ2) is 4.70. The van der Waals surface area contributed by atoms with Gasteiger partial charge in [0, 0.05) is 0 Å². The van der Waals surface area contributed by atoms with Gasteiger partial charge in [-0.2, -0.15) is 0 Å². The predicted octanol–water partition coefficient (Wildman–Crippen LogP) is 3.89. The summed E-state index contributed by atoms with van der Waals surface area (Å²) in [7, 11) is 0. The molecule has 3 aromatic heterocycles. The molecule has 3 rings (SSSR count). The molecule has 94 valence electrons. The zero-order valence-electron chi connectivity index (χ0n) is 9.66. The summed E-state index contributed by atoms with van der Waals surface area (Å²) in [5.41, 5.74) is 0. The van der Waals surface area contributed by atoms with Crippen LogP contribution >= 0.6 is 11.3 Å². The fourth-order valence-electron chi connectivity index (χ4n) is 1.70. The van der Waals surface area contributed by atoms with Gasteiger partial charge in [-0.1, -0.05) is 0 Å². The molecule has 5 heteroatoms. The van der Waals surface area contributed by atoms with Crippen molar-refractivity contribution < 1.29 is 18.4 Å². The molecule has 0 atom stereocenters. The van der Waals surface area contributed by atoms with Gasteiger partial charge in [0.1, 0.15) is 5.76 Å². The van der Waals surface area contributed by atoms with E-state index in [4.69, 9.17) is 8.83 Å². The van der Waals surface area contributed by atoms with E-state index in [9.17, 15) is 9.59 Å². The summed E-state index contributed by atoms with van der Waals surface area (Å²) in [5.74, 6) is 1.97. The smallest absolute Gasteiger partial charge is 0.185 e. The van der Waals surface area contributed by atoms with E-state index in [0.29, 0.717) is 28.4 Å². The van der Waals surface area contributed by atoms with Crippen molar-refractivity contribution >= 4 is 23.9 Å². The van der Waals surface area contributed by atoms with Crippen molar-refractivity contribution in [1.82, 2.24) is 0 Å². The predicted molar refractivity (Wildman–Crippen MR) is 70.5 cm³/mol. The summed E-state index contributed by atoms with van der Waals surface area (Å²) < 4.78 is 10.9. The Bertz CT molecular complexity index is 671. The van der Waals surface area contributed by atoms with Crippen LogP contribution in [0.3, 0.4) is 0 Å². The monoisotopic (exact) mass is 272 g/mol. The number of carbonyl (C=O) groups is 2. The molecule has 0 saturated carbocycles. The molecule has 0 spiro atoms. The van der Waals surface area contributed by atoms with E-state index in [-0.39, 0.29) is 5.76 Å². The molecule has 3 aromatic rings. The number of hydrogen-bond donors (Lipinski definition) is 0. The number of furan rings is 2. The maximum absolute atomic E-state index is 10.6. The van der Waals surface area contributed by atoms with Crippen molar-refractivity contribution in [3.63, 3.8) is 0 Å². The first-order chi connectivity index (χ1) is 9.30. The van der Waals surface area contributed by atoms with Crippen LogP contribution in [0.4, 0.5) is 0 Å². The minimum atomic E-state index is 0.257. The minimum Gasteiger partial charge on any atom is -0.452 e. The van der Waals surface area contributed by atoms with Crippen LogP contribution in [-0.2, 0) is 0 Å². The van der Waals surface area contributed by atoms with Gasteiger partial charge in [-0.25, -0.2) is 0 Å². The van der Waals surface area contributed by atoms with E-state index in [2.05, 4.69) is 0 Å². The van der Waals surface area contributed by atoms with Crippen LogP contribution in [0, 0.1) is 0 Å². The zero-order valence-corrected chi connectivity index (χ0v) is 10.5. The van der Waals surface area contributed by atoms with Crippen molar-refractivity contribution in [2.24, 2.45) is 0 Å². The molecule has 0 amide bonds. The normalized spacial score (nSPS) is 10.5. The quantitative estimate of drug-likeness (QED) is 0.676. The highest BCUT2D eigenvalue weighted by Gasteiger charge is 2.11. The fraction of sp³-hybridized carbons (Fsp3) is 0. The van der Waals surface area contributed by atoms with E-state index in [0.717, 1.165) is 11.2 Å². The highest BCUT2D eigenvalue weighted by molar-refractivity contribution is 7.17. The molecule has 0 fully saturated rings. The molecule has 4 nitrogen and oxygen atoms in total. The van der Waals surface area contributed by atoms with Gasteiger partial charge in [-0.05, 0) is 36.4 Å². The Kier molecular flexibility index (Phi) is 2.89. The third-order valence-electron chi connectivity index (χ3n) is 2.58. The Labute approximate surface area is 112 Å². The van der Waals surface area contributed by atoms with E-state index in [1.165, 1.54) is 11.3 Å². The molecule has 3 heterocycles. The van der Waals surface area contributed by atoms with E-state index in [1.54, 1.807) is 30.3 Å². The number of aldehydes is 2. The van der Waals surface area contributed by atoms with Gasteiger partial charge < -0.3 is 8.83 Å². The molecule has 0 saturated heterocycles. The highest BCUT2D eigenvalue weighted by atomic mass is 32.1. The summed E-state index contributed by atoms with van der Waals surface area (Å²) in [6, 6.07) is 10.4. The van der Waals surface area contributed by atoms with Gasteiger partial charge in [0.05, 0.1) is 9.75 Å². The van der Waals surface area contributed by atoms with Crippen LogP contribution < -0.4 is 0 Å². The largest absolute Gasteiger partial charge is 0.452 e. The molecule has 19 heavy (non-hydrogen) atoms. The molecule has 0 bridgehead atoms. The van der Waals surface area contributed by atoms with Gasteiger partial charge >= 0.3 is 0 Å². The van der Waals surface area contributed by atoms with Crippen molar-refractivity contribution in [3.05, 3.63) is 47.0 Å². The van der Waals surface area contributed by atoms with Crippen LogP contribution in [0.25, 0.3) is 22.2 Å². The number of thiophene rings is 1. The first-order valence-electron chi connectivity index (χ1n) is 5.51. The summed E-state index contributed by atoms with van der Waals surface area (Å²) in [6.45, 7) is 0. The van der Waals surface area contributed by atoms with Crippen LogP contribution in [-0.4, -0.2) is 12.6 Å². The van der Waals surface area contributed by atoms with Crippen LogP contribution in [0.5, 0.6) is 0 Å². The van der Waals surface area contributed by atoms with Gasteiger partial charge in [-0.3, -0.25) is 9.59 Å². The number of hydrogen-bond acceptors (Lipinski definition) is 5. The topological polar surface area (TPSA) is 60.4 Å². The Hall–Kier alpha value is -2.40. The summed E-state index contributed by atoms with van der Waals surface area (Å²) in [5, 5.41) is 0. The molecule has 0 unspecified atom stereocenters. The third-order valence-corrected chi connectivity index (χ3v) is 3.60. The van der Waals surface area contributed by atoms with E-state index in [1.807, 2.05) is 6.07 Å². The zero-order chi connectivity index (χ0) is 13.2. The summed E-state index contributed by atoms with van der Waals surface area (Å²) in [6.07, 6.45) is 1.45. The molecular formula is C14H8O4S. The molecule has 0 aliphatic rings. The number of carbonyl (C=O) groups excluding carboxylic acids is 2. The van der Waals surface area contributed by atoms with E-state index >= 15 is 0 Å². The standard InChI is InChI=1S/C14H8O4S/c15-7-9-1-3-11(17-9)12-4-5-13(18-12)14-6-2-10(8-16)19-14/h1-8H. The first kappa shape index (κ1) is 11.7. The molecule has 0 radical (unpaired) electrons. The fourth-order valence-corrected chi connectivity index (χ4v) is 2.48. The van der Waals surface area contributed by atoms with Crippen LogP contribution in [0.1, 0.15) is 20.2 Å². The van der Waals surface area contributed by atoms with Gasteiger partial charge in [0.25, 0.3) is 0 Å². The van der Waals surface area contributed by atoms with Gasteiger partial charge in [0.15, 0.2) is 29.9 Å². The second-order valence-electron chi connectivity index (χ2n) is 3.80. The molecule has 0 N–H and O–H groups in total. The Morgan fingerprint density at radius 2 is 1.53 bits per heavy atom. The van der Waals surface area contributed by atoms with Crippen molar-refractivity contribution in [2.75, 3.05) is 0 Å². The first-order valence-corrected chi connectivity index (χ1v) is 6.32. The Morgan fingerprint density at radius 1 is 0.789 bits per heavy atom. The maximum Gasteiger partial charge on any atom is 0.185 e. The van der Waals surface area contributed by atoms with Gasteiger partial charge in [-0.15, -0.1) is 11.3 Å². The highest BCUT2D eigenvalue weighted by Crippen LogP contribution is 2.32. The molecule has 0 aromatic carbocycles. The van der Waals surface area contributed by atoms with Crippen LogP contribution in [0.15, 0.2) is 45.2 Å². The van der Waals surface area contributed by atoms with Crippen molar-refractivity contribution in [2.45, 2.75) is 0 Å². The third kappa shape index (κ3) is 2.15. The van der Waals surface area contributed by atoms with E-state index < -0.39 is 0 Å². The van der Waals surface area contributed by atoms with Gasteiger partial charge in [0.2, 0.25) is 0 Å². The lowest BCUT2D eigenvalue weighted by Crippen LogP contribution is -1.69. The second-order valence-corrected chi connectivity index (χ2v) is 4.92. The average Bonchev–Trinajstić information content (AvgIpc) is 3.16. The molecule has 0 aliphatic heterocycles. The molecule has 0 aliphatic carbocycles. The summed E-state index contributed by atoms with van der Waals surface area (Å²) in [4.78, 5) is 22.7. The Morgan fingerprint density at radius 3 is 2.21 bits per heavy atom. The van der Waals surface area contributed by atoms with Crippen molar-refractivity contribution in [1.29, 1.82) is 0 Å². The summed E-state index contributed by atoms with van der Waals surface area (Å²) >= 11 is 1.36. The lowest BCUT2D eigenvalue weighted by atomic mass is 10.3. The maximum atomic E-state index is 10.6. The average molecular weight is 272 g/mol. The number of rotatable bonds is 4. The SMILES string of the molecule is O=Cc1ccc(-c2ccc(-c3ccc(C=O)s3)o2)o1. The minimum absolute atomic E-state index is 0.257. The lowest BCUT2D eigenvalue weighted by molar-refractivity contribution is 0.109. The molecular weight excluding hydrogens is 264 g/mol.